The van der Waals surface area contributed by atoms with Crippen molar-refractivity contribution in [3.8, 4) is 0 Å². The van der Waals surface area contributed by atoms with Crippen LogP contribution in [-0.4, -0.2) is 54.1 Å². The molecule has 25 heavy (non-hydrogen) atoms. The molecule has 2 saturated heterocycles. The molecule has 0 atom stereocenters. The third kappa shape index (κ3) is 4.05. The van der Waals surface area contributed by atoms with E-state index >= 15 is 0 Å². The zero-order valence-electron chi connectivity index (χ0n) is 14.4. The lowest BCUT2D eigenvalue weighted by molar-refractivity contribution is 0.248. The number of benzene rings is 1. The summed E-state index contributed by atoms with van der Waals surface area (Å²) >= 11 is 6.09. The van der Waals surface area contributed by atoms with E-state index in [2.05, 4.69) is 31.8 Å². The van der Waals surface area contributed by atoms with Crippen LogP contribution in [0.2, 0.25) is 5.02 Å². The van der Waals surface area contributed by atoms with Gasteiger partial charge in [0, 0.05) is 57.0 Å². The van der Waals surface area contributed by atoms with Crippen molar-refractivity contribution < 1.29 is 0 Å². The number of aromatic nitrogens is 2. The van der Waals surface area contributed by atoms with E-state index in [9.17, 15) is 0 Å². The Morgan fingerprint density at radius 3 is 2.48 bits per heavy atom. The average Bonchev–Trinajstić information content (AvgIpc) is 3.17. The molecule has 1 aromatic carbocycles. The monoisotopic (exact) mass is 357 g/mol. The summed E-state index contributed by atoms with van der Waals surface area (Å²) in [7, 11) is 0. The van der Waals surface area contributed by atoms with Crippen LogP contribution in [0.4, 0.5) is 11.8 Å². The fourth-order valence-electron chi connectivity index (χ4n) is 3.61. The fraction of sp³-hybridized carbons (Fsp3) is 0.474. The average molecular weight is 358 g/mol. The van der Waals surface area contributed by atoms with Crippen LogP contribution in [0.1, 0.15) is 18.4 Å². The Morgan fingerprint density at radius 1 is 0.920 bits per heavy atom. The number of piperazine rings is 1. The molecule has 0 radical (unpaired) electrons. The molecule has 3 heterocycles. The van der Waals surface area contributed by atoms with Crippen LogP contribution in [0.25, 0.3) is 0 Å². The van der Waals surface area contributed by atoms with Crippen LogP contribution in [0.5, 0.6) is 0 Å². The summed E-state index contributed by atoms with van der Waals surface area (Å²) < 4.78 is 0. The Balaban J connectivity index is 1.36. The summed E-state index contributed by atoms with van der Waals surface area (Å²) in [4.78, 5) is 16.4. The number of nitrogens with zero attached hydrogens (tertiary/aromatic N) is 5. The zero-order chi connectivity index (χ0) is 17.1. The van der Waals surface area contributed by atoms with E-state index < -0.39 is 0 Å². The topological polar surface area (TPSA) is 35.5 Å². The minimum atomic E-state index is 0.809. The molecule has 0 bridgehead atoms. The quantitative estimate of drug-likeness (QED) is 0.840. The molecule has 2 aliphatic heterocycles. The lowest BCUT2D eigenvalue weighted by Crippen LogP contribution is -2.46. The highest BCUT2D eigenvalue weighted by Crippen LogP contribution is 2.21. The number of rotatable bonds is 4. The maximum Gasteiger partial charge on any atom is 0.227 e. The van der Waals surface area contributed by atoms with Crippen LogP contribution in [-0.2, 0) is 6.54 Å². The second-order valence-corrected chi connectivity index (χ2v) is 7.24. The Hall–Kier alpha value is -1.85. The van der Waals surface area contributed by atoms with Crippen LogP contribution >= 0.6 is 11.6 Å². The van der Waals surface area contributed by atoms with Crippen LogP contribution in [0.3, 0.4) is 0 Å². The highest BCUT2D eigenvalue weighted by atomic mass is 35.5. The minimum Gasteiger partial charge on any atom is -0.356 e. The van der Waals surface area contributed by atoms with Crippen molar-refractivity contribution >= 4 is 23.4 Å². The maximum atomic E-state index is 6.09. The van der Waals surface area contributed by atoms with Gasteiger partial charge in [-0.25, -0.2) is 4.98 Å². The summed E-state index contributed by atoms with van der Waals surface area (Å²) in [5, 5.41) is 0.809. The SMILES string of the molecule is Clc1cccc(CN2CCN(c3nccc(N4CCCC4)n3)CC2)c1. The Labute approximate surface area is 154 Å². The summed E-state index contributed by atoms with van der Waals surface area (Å²) in [6, 6.07) is 10.2. The van der Waals surface area contributed by atoms with Gasteiger partial charge in [-0.05, 0) is 36.6 Å². The third-order valence-corrected chi connectivity index (χ3v) is 5.24. The highest BCUT2D eigenvalue weighted by Gasteiger charge is 2.21. The first kappa shape index (κ1) is 16.6. The summed E-state index contributed by atoms with van der Waals surface area (Å²) in [6.45, 7) is 7.14. The van der Waals surface area contributed by atoms with Crippen molar-refractivity contribution in [3.05, 3.63) is 47.1 Å². The maximum absolute atomic E-state index is 6.09. The van der Waals surface area contributed by atoms with E-state index in [1.54, 1.807) is 0 Å². The Kier molecular flexibility index (Phi) is 5.04. The van der Waals surface area contributed by atoms with Gasteiger partial charge in [-0.1, -0.05) is 23.7 Å². The summed E-state index contributed by atoms with van der Waals surface area (Å²) in [5.74, 6) is 1.94. The Morgan fingerprint density at radius 2 is 1.72 bits per heavy atom. The molecule has 0 amide bonds. The summed E-state index contributed by atoms with van der Waals surface area (Å²) in [6.07, 6.45) is 4.43. The van der Waals surface area contributed by atoms with E-state index in [0.29, 0.717) is 0 Å². The van der Waals surface area contributed by atoms with Crippen molar-refractivity contribution in [1.29, 1.82) is 0 Å². The van der Waals surface area contributed by atoms with E-state index in [-0.39, 0.29) is 0 Å². The van der Waals surface area contributed by atoms with Crippen molar-refractivity contribution in [2.75, 3.05) is 49.1 Å². The zero-order valence-corrected chi connectivity index (χ0v) is 15.2. The predicted molar refractivity (Wildman–Crippen MR) is 102 cm³/mol. The van der Waals surface area contributed by atoms with Crippen LogP contribution in [0, 0.1) is 0 Å². The molecule has 0 spiro atoms. The molecule has 2 aliphatic rings. The standard InChI is InChI=1S/C19H24ClN5/c20-17-5-3-4-16(14-17)15-23-10-12-25(13-11-23)19-21-7-6-18(22-19)24-8-1-2-9-24/h3-7,14H,1-2,8-13,15H2. The molecule has 5 nitrogen and oxygen atoms in total. The molecular weight excluding hydrogens is 334 g/mol. The lowest BCUT2D eigenvalue weighted by atomic mass is 10.2. The molecule has 0 N–H and O–H groups in total. The molecule has 0 aliphatic carbocycles. The Bertz CT molecular complexity index is 708. The molecule has 0 unspecified atom stereocenters. The highest BCUT2D eigenvalue weighted by molar-refractivity contribution is 6.30. The second kappa shape index (κ2) is 7.58. The van der Waals surface area contributed by atoms with Gasteiger partial charge in [0.05, 0.1) is 0 Å². The number of halogens is 1. The van der Waals surface area contributed by atoms with Gasteiger partial charge >= 0.3 is 0 Å². The van der Waals surface area contributed by atoms with E-state index in [1.807, 2.05) is 24.4 Å². The van der Waals surface area contributed by atoms with Crippen molar-refractivity contribution in [1.82, 2.24) is 14.9 Å². The first-order valence-corrected chi connectivity index (χ1v) is 9.45. The van der Waals surface area contributed by atoms with E-state index in [4.69, 9.17) is 16.6 Å². The molecule has 132 valence electrons. The number of hydrogen-bond donors (Lipinski definition) is 0. The van der Waals surface area contributed by atoms with E-state index in [1.165, 1.54) is 18.4 Å². The molecule has 2 fully saturated rings. The minimum absolute atomic E-state index is 0.809. The van der Waals surface area contributed by atoms with Crippen molar-refractivity contribution in [2.24, 2.45) is 0 Å². The van der Waals surface area contributed by atoms with Gasteiger partial charge in [0.25, 0.3) is 0 Å². The van der Waals surface area contributed by atoms with Crippen LogP contribution < -0.4 is 9.80 Å². The van der Waals surface area contributed by atoms with Gasteiger partial charge in [-0.2, -0.15) is 4.98 Å². The molecular formula is C19H24ClN5. The van der Waals surface area contributed by atoms with Gasteiger partial charge in [0.15, 0.2) is 0 Å². The molecule has 2 aromatic rings. The van der Waals surface area contributed by atoms with Gasteiger partial charge in [0.1, 0.15) is 5.82 Å². The van der Waals surface area contributed by atoms with Gasteiger partial charge in [-0.15, -0.1) is 0 Å². The van der Waals surface area contributed by atoms with Crippen molar-refractivity contribution in [3.63, 3.8) is 0 Å². The summed E-state index contributed by atoms with van der Waals surface area (Å²) in [5.41, 5.74) is 1.27. The first-order valence-electron chi connectivity index (χ1n) is 9.08. The largest absolute Gasteiger partial charge is 0.356 e. The lowest BCUT2D eigenvalue weighted by Gasteiger charge is -2.35. The first-order chi connectivity index (χ1) is 12.3. The van der Waals surface area contributed by atoms with Crippen LogP contribution in [0.15, 0.2) is 36.5 Å². The molecule has 0 saturated carbocycles. The van der Waals surface area contributed by atoms with E-state index in [0.717, 1.165) is 62.6 Å². The van der Waals surface area contributed by atoms with Gasteiger partial charge < -0.3 is 9.80 Å². The predicted octanol–water partition coefficient (Wildman–Crippen LogP) is 3.05. The fourth-order valence-corrected chi connectivity index (χ4v) is 3.83. The number of hydrogen-bond acceptors (Lipinski definition) is 5. The van der Waals surface area contributed by atoms with Gasteiger partial charge in [-0.3, -0.25) is 4.90 Å². The number of anilines is 2. The van der Waals surface area contributed by atoms with Crippen molar-refractivity contribution in [2.45, 2.75) is 19.4 Å². The molecule has 6 heteroatoms. The molecule has 4 rings (SSSR count). The molecule has 1 aromatic heterocycles. The third-order valence-electron chi connectivity index (χ3n) is 5.01. The smallest absolute Gasteiger partial charge is 0.227 e. The second-order valence-electron chi connectivity index (χ2n) is 6.80. The normalized spacial score (nSPS) is 18.8. The van der Waals surface area contributed by atoms with Gasteiger partial charge in [0.2, 0.25) is 5.95 Å².